The van der Waals surface area contributed by atoms with Crippen molar-refractivity contribution in [3.63, 3.8) is 0 Å². The SMILES string of the molecule is Ic1cc(-c2ccccc2)oc1-c1ccccc1. The number of rotatable bonds is 2. The highest BCUT2D eigenvalue weighted by atomic mass is 127. The van der Waals surface area contributed by atoms with Gasteiger partial charge in [-0.15, -0.1) is 0 Å². The molecule has 0 atom stereocenters. The Morgan fingerprint density at radius 1 is 0.722 bits per heavy atom. The first-order chi connectivity index (χ1) is 8.84. The van der Waals surface area contributed by atoms with E-state index in [4.69, 9.17) is 4.42 Å². The van der Waals surface area contributed by atoms with E-state index in [0.29, 0.717) is 0 Å². The summed E-state index contributed by atoms with van der Waals surface area (Å²) in [6.07, 6.45) is 0. The number of benzene rings is 2. The van der Waals surface area contributed by atoms with E-state index in [-0.39, 0.29) is 0 Å². The first-order valence-electron chi connectivity index (χ1n) is 5.75. The molecule has 0 aliphatic heterocycles. The van der Waals surface area contributed by atoms with Crippen LogP contribution in [0.1, 0.15) is 0 Å². The number of halogens is 1. The maximum absolute atomic E-state index is 5.98. The zero-order chi connectivity index (χ0) is 12.4. The molecule has 0 aliphatic carbocycles. The molecule has 0 radical (unpaired) electrons. The van der Waals surface area contributed by atoms with Gasteiger partial charge in [-0.1, -0.05) is 60.7 Å². The molecule has 2 heteroatoms. The van der Waals surface area contributed by atoms with E-state index in [2.05, 4.69) is 52.9 Å². The van der Waals surface area contributed by atoms with Crippen molar-refractivity contribution in [1.29, 1.82) is 0 Å². The van der Waals surface area contributed by atoms with Gasteiger partial charge in [0.25, 0.3) is 0 Å². The quantitative estimate of drug-likeness (QED) is 0.580. The lowest BCUT2D eigenvalue weighted by atomic mass is 10.2. The summed E-state index contributed by atoms with van der Waals surface area (Å²) in [7, 11) is 0. The minimum absolute atomic E-state index is 0.916. The summed E-state index contributed by atoms with van der Waals surface area (Å²) >= 11 is 2.32. The Labute approximate surface area is 120 Å². The van der Waals surface area contributed by atoms with Crippen molar-refractivity contribution in [3.05, 3.63) is 70.3 Å². The molecule has 1 heterocycles. The van der Waals surface area contributed by atoms with Crippen LogP contribution in [0, 0.1) is 3.57 Å². The van der Waals surface area contributed by atoms with Gasteiger partial charge < -0.3 is 4.42 Å². The van der Waals surface area contributed by atoms with E-state index in [0.717, 1.165) is 26.2 Å². The third kappa shape index (κ3) is 2.20. The van der Waals surface area contributed by atoms with Gasteiger partial charge in [-0.25, -0.2) is 0 Å². The highest BCUT2D eigenvalue weighted by Gasteiger charge is 2.11. The Bertz CT molecular complexity index is 641. The molecule has 0 saturated heterocycles. The van der Waals surface area contributed by atoms with Crippen molar-refractivity contribution in [2.24, 2.45) is 0 Å². The molecule has 3 rings (SSSR count). The second-order valence-electron chi connectivity index (χ2n) is 4.02. The molecular formula is C16H11IO. The monoisotopic (exact) mass is 346 g/mol. The largest absolute Gasteiger partial charge is 0.455 e. The fourth-order valence-corrected chi connectivity index (χ4v) is 2.60. The number of hydrogen-bond donors (Lipinski definition) is 0. The maximum Gasteiger partial charge on any atom is 0.148 e. The zero-order valence-corrected chi connectivity index (χ0v) is 11.8. The van der Waals surface area contributed by atoms with Gasteiger partial charge in [-0.05, 0) is 28.7 Å². The number of hydrogen-bond acceptors (Lipinski definition) is 1. The molecule has 0 unspecified atom stereocenters. The summed E-state index contributed by atoms with van der Waals surface area (Å²) in [4.78, 5) is 0. The van der Waals surface area contributed by atoms with Crippen LogP contribution in [0.15, 0.2) is 71.1 Å². The Hall–Kier alpha value is -1.55. The van der Waals surface area contributed by atoms with E-state index in [9.17, 15) is 0 Å². The van der Waals surface area contributed by atoms with Crippen molar-refractivity contribution < 1.29 is 4.42 Å². The van der Waals surface area contributed by atoms with Crippen molar-refractivity contribution in [2.45, 2.75) is 0 Å². The fourth-order valence-electron chi connectivity index (χ4n) is 1.90. The maximum atomic E-state index is 5.98. The van der Waals surface area contributed by atoms with E-state index in [1.807, 2.05) is 36.4 Å². The topological polar surface area (TPSA) is 13.1 Å². The first kappa shape index (κ1) is 11.5. The van der Waals surface area contributed by atoms with Crippen LogP contribution in [0.3, 0.4) is 0 Å². The van der Waals surface area contributed by atoms with Gasteiger partial charge in [-0.2, -0.15) is 0 Å². The Morgan fingerprint density at radius 3 is 1.89 bits per heavy atom. The Balaban J connectivity index is 2.07. The molecule has 18 heavy (non-hydrogen) atoms. The predicted octanol–water partition coefficient (Wildman–Crippen LogP) is 5.22. The van der Waals surface area contributed by atoms with Crippen molar-refractivity contribution in [3.8, 4) is 22.6 Å². The van der Waals surface area contributed by atoms with Gasteiger partial charge in [-0.3, -0.25) is 0 Å². The summed E-state index contributed by atoms with van der Waals surface area (Å²) in [6.45, 7) is 0. The number of furan rings is 1. The summed E-state index contributed by atoms with van der Waals surface area (Å²) < 4.78 is 7.12. The Morgan fingerprint density at radius 2 is 1.28 bits per heavy atom. The molecule has 0 amide bonds. The lowest BCUT2D eigenvalue weighted by molar-refractivity contribution is 0.596. The Kier molecular flexibility index (Phi) is 3.19. The van der Waals surface area contributed by atoms with Crippen LogP contribution in [0.2, 0.25) is 0 Å². The fraction of sp³-hybridized carbons (Fsp3) is 0. The van der Waals surface area contributed by atoms with Gasteiger partial charge in [0.2, 0.25) is 0 Å². The first-order valence-corrected chi connectivity index (χ1v) is 6.82. The van der Waals surface area contributed by atoms with E-state index < -0.39 is 0 Å². The van der Waals surface area contributed by atoms with Crippen LogP contribution < -0.4 is 0 Å². The molecule has 0 saturated carbocycles. The third-order valence-electron chi connectivity index (χ3n) is 2.78. The van der Waals surface area contributed by atoms with Gasteiger partial charge in [0.1, 0.15) is 11.5 Å². The van der Waals surface area contributed by atoms with Crippen LogP contribution >= 0.6 is 22.6 Å². The van der Waals surface area contributed by atoms with E-state index in [1.54, 1.807) is 0 Å². The molecule has 0 bridgehead atoms. The van der Waals surface area contributed by atoms with Crippen LogP contribution in [0.25, 0.3) is 22.6 Å². The minimum Gasteiger partial charge on any atom is -0.455 e. The van der Waals surface area contributed by atoms with E-state index >= 15 is 0 Å². The van der Waals surface area contributed by atoms with Crippen molar-refractivity contribution in [2.75, 3.05) is 0 Å². The van der Waals surface area contributed by atoms with Crippen LogP contribution in [-0.4, -0.2) is 0 Å². The smallest absolute Gasteiger partial charge is 0.148 e. The normalized spacial score (nSPS) is 10.5. The van der Waals surface area contributed by atoms with Crippen molar-refractivity contribution in [1.82, 2.24) is 0 Å². The van der Waals surface area contributed by atoms with Crippen LogP contribution in [-0.2, 0) is 0 Å². The highest BCUT2D eigenvalue weighted by Crippen LogP contribution is 2.33. The molecule has 0 aliphatic rings. The highest BCUT2D eigenvalue weighted by molar-refractivity contribution is 14.1. The summed E-state index contributed by atoms with van der Waals surface area (Å²) in [5.74, 6) is 1.86. The molecule has 88 valence electrons. The van der Waals surface area contributed by atoms with Crippen molar-refractivity contribution >= 4 is 22.6 Å². The molecule has 0 fully saturated rings. The van der Waals surface area contributed by atoms with Crippen LogP contribution in [0.5, 0.6) is 0 Å². The van der Waals surface area contributed by atoms with Gasteiger partial charge >= 0.3 is 0 Å². The zero-order valence-electron chi connectivity index (χ0n) is 9.64. The van der Waals surface area contributed by atoms with Gasteiger partial charge in [0.05, 0.1) is 3.57 Å². The van der Waals surface area contributed by atoms with Gasteiger partial charge in [0.15, 0.2) is 0 Å². The average molecular weight is 346 g/mol. The summed E-state index contributed by atoms with van der Waals surface area (Å²) in [5.41, 5.74) is 2.22. The summed E-state index contributed by atoms with van der Waals surface area (Å²) in [5, 5.41) is 0. The molecule has 1 nitrogen and oxygen atoms in total. The minimum atomic E-state index is 0.916. The van der Waals surface area contributed by atoms with E-state index in [1.165, 1.54) is 0 Å². The second kappa shape index (κ2) is 4.98. The average Bonchev–Trinajstić information content (AvgIpc) is 2.83. The molecule has 2 aromatic carbocycles. The standard InChI is InChI=1S/C16H11IO/c17-14-11-15(12-7-3-1-4-8-12)18-16(14)13-9-5-2-6-10-13/h1-11H. The lowest BCUT2D eigenvalue weighted by Gasteiger charge is -1.98. The molecule has 0 N–H and O–H groups in total. The third-order valence-corrected chi connectivity index (χ3v) is 3.58. The van der Waals surface area contributed by atoms with Gasteiger partial charge in [0, 0.05) is 11.1 Å². The molecule has 3 aromatic rings. The molecule has 0 spiro atoms. The molecular weight excluding hydrogens is 335 g/mol. The predicted molar refractivity (Wildman–Crippen MR) is 82.3 cm³/mol. The summed E-state index contributed by atoms with van der Waals surface area (Å²) in [6, 6.07) is 22.4. The second-order valence-corrected chi connectivity index (χ2v) is 5.18. The molecule has 1 aromatic heterocycles. The lowest BCUT2D eigenvalue weighted by Crippen LogP contribution is -1.74. The van der Waals surface area contributed by atoms with Crippen LogP contribution in [0.4, 0.5) is 0 Å².